The first-order valence-corrected chi connectivity index (χ1v) is 13.6. The average Bonchev–Trinajstić information content (AvgIpc) is 3.45. The van der Waals surface area contributed by atoms with Gasteiger partial charge in [0.2, 0.25) is 5.88 Å². The maximum atomic E-state index is 13.2. The summed E-state index contributed by atoms with van der Waals surface area (Å²) in [6.45, 7) is 0.570. The third kappa shape index (κ3) is 7.15. The normalized spacial score (nSPS) is 11.2. The van der Waals surface area contributed by atoms with Crippen molar-refractivity contribution in [1.82, 2.24) is 9.97 Å². The molecule has 2 aromatic heterocycles. The molecule has 0 amide bonds. The summed E-state index contributed by atoms with van der Waals surface area (Å²) in [6, 6.07) is 27.1. The lowest BCUT2D eigenvalue weighted by Crippen LogP contribution is -2.17. The number of methoxy groups -OCH3 is 1. The van der Waals surface area contributed by atoms with E-state index in [0.29, 0.717) is 24.4 Å². The van der Waals surface area contributed by atoms with Gasteiger partial charge in [-0.05, 0) is 41.0 Å². The molecule has 0 aliphatic heterocycles. The van der Waals surface area contributed by atoms with Gasteiger partial charge in [0.1, 0.15) is 17.2 Å². The predicted octanol–water partition coefficient (Wildman–Crippen LogP) is 8.33. The van der Waals surface area contributed by atoms with Gasteiger partial charge in [-0.1, -0.05) is 60.7 Å². The van der Waals surface area contributed by atoms with E-state index in [-0.39, 0.29) is 11.0 Å². The molecule has 0 bridgehead atoms. The highest BCUT2D eigenvalue weighted by atomic mass is 32.1. The van der Waals surface area contributed by atoms with Crippen molar-refractivity contribution in [2.45, 2.75) is 19.1 Å². The summed E-state index contributed by atoms with van der Waals surface area (Å²) in [7, 11) is 3.52. The number of hydrogen-bond acceptors (Lipinski definition) is 7. The molecule has 0 saturated heterocycles. The lowest BCUT2D eigenvalue weighted by molar-refractivity contribution is -0.140. The molecule has 2 heterocycles. The van der Waals surface area contributed by atoms with E-state index in [9.17, 15) is 13.2 Å². The highest BCUT2D eigenvalue weighted by Crippen LogP contribution is 2.37. The number of nitrogens with one attached hydrogen (secondary N) is 1. The van der Waals surface area contributed by atoms with Crippen molar-refractivity contribution < 1.29 is 22.6 Å². The Kier molecular flexibility index (Phi) is 8.39. The first-order valence-electron chi connectivity index (χ1n) is 12.7. The maximum Gasteiger partial charge on any atom is 0.434 e. The number of benzene rings is 3. The van der Waals surface area contributed by atoms with E-state index in [1.165, 1.54) is 0 Å². The van der Waals surface area contributed by atoms with Crippen LogP contribution in [0.1, 0.15) is 22.4 Å². The molecule has 10 heteroatoms. The standard InChI is InChI=1S/C31H27F3N4O2S/c1-38(19-22-12-14-25(39-2)15-13-22)24-17-26(36-30-37-28(20-41-30)31(32,33)34)29(35-18-24)40-27-11-7-6-10-23(27)16-21-8-4-3-5-9-21/h3-15,17-18,20H,16,19H2,1-2H3,(H,36,37). The molecule has 1 N–H and O–H groups in total. The number of thiazole rings is 1. The maximum absolute atomic E-state index is 13.2. The van der Waals surface area contributed by atoms with Crippen LogP contribution in [0.15, 0.2) is 96.5 Å². The fraction of sp³-hybridized carbons (Fsp3) is 0.161. The SMILES string of the molecule is COc1ccc(CN(C)c2cnc(Oc3ccccc3Cc3ccccc3)c(Nc3nc(C(F)(F)F)cs3)c2)cc1. The van der Waals surface area contributed by atoms with Gasteiger partial charge in [0.15, 0.2) is 10.8 Å². The Hall–Kier alpha value is -4.57. The van der Waals surface area contributed by atoms with E-state index < -0.39 is 11.9 Å². The third-order valence-electron chi connectivity index (χ3n) is 6.31. The lowest BCUT2D eigenvalue weighted by Gasteiger charge is -2.21. The summed E-state index contributed by atoms with van der Waals surface area (Å²) >= 11 is 0.861. The van der Waals surface area contributed by atoms with Crippen molar-refractivity contribution in [3.05, 3.63) is 119 Å². The summed E-state index contributed by atoms with van der Waals surface area (Å²) in [5.74, 6) is 1.58. The summed E-state index contributed by atoms with van der Waals surface area (Å²) < 4.78 is 51.2. The van der Waals surface area contributed by atoms with Crippen LogP contribution in [0.4, 0.5) is 29.7 Å². The number of nitrogens with zero attached hydrogens (tertiary/aromatic N) is 3. The summed E-state index contributed by atoms with van der Waals surface area (Å²) in [4.78, 5) is 10.3. The minimum absolute atomic E-state index is 0.0801. The van der Waals surface area contributed by atoms with Gasteiger partial charge in [-0.15, -0.1) is 11.3 Å². The van der Waals surface area contributed by atoms with Gasteiger partial charge in [-0.25, -0.2) is 9.97 Å². The van der Waals surface area contributed by atoms with Gasteiger partial charge in [0, 0.05) is 25.4 Å². The van der Waals surface area contributed by atoms with Crippen molar-refractivity contribution in [2.75, 3.05) is 24.4 Å². The second kappa shape index (κ2) is 12.3. The van der Waals surface area contributed by atoms with Crippen LogP contribution in [0, 0.1) is 0 Å². The van der Waals surface area contributed by atoms with Gasteiger partial charge in [0.25, 0.3) is 0 Å². The highest BCUT2D eigenvalue weighted by Gasteiger charge is 2.34. The molecule has 6 nitrogen and oxygen atoms in total. The molecule has 0 radical (unpaired) electrons. The minimum atomic E-state index is -4.54. The van der Waals surface area contributed by atoms with E-state index in [0.717, 1.165) is 44.8 Å². The van der Waals surface area contributed by atoms with Gasteiger partial charge in [-0.2, -0.15) is 13.2 Å². The highest BCUT2D eigenvalue weighted by molar-refractivity contribution is 7.13. The molecule has 0 atom stereocenters. The zero-order valence-corrected chi connectivity index (χ0v) is 23.2. The van der Waals surface area contributed by atoms with Crippen LogP contribution < -0.4 is 19.7 Å². The predicted molar refractivity (Wildman–Crippen MR) is 156 cm³/mol. The number of aromatic nitrogens is 2. The Morgan fingerprint density at radius 1 is 0.927 bits per heavy atom. The van der Waals surface area contributed by atoms with Crippen LogP contribution >= 0.6 is 11.3 Å². The van der Waals surface area contributed by atoms with E-state index in [1.807, 2.05) is 90.8 Å². The third-order valence-corrected chi connectivity index (χ3v) is 7.07. The molecule has 0 saturated carbocycles. The van der Waals surface area contributed by atoms with Crippen LogP contribution in [0.3, 0.4) is 0 Å². The topological polar surface area (TPSA) is 59.5 Å². The zero-order valence-electron chi connectivity index (χ0n) is 22.4. The Morgan fingerprint density at radius 2 is 1.66 bits per heavy atom. The molecule has 0 aliphatic rings. The first kappa shape index (κ1) is 28.0. The second-order valence-electron chi connectivity index (χ2n) is 9.28. The largest absolute Gasteiger partial charge is 0.497 e. The number of hydrogen-bond donors (Lipinski definition) is 1. The lowest BCUT2D eigenvalue weighted by atomic mass is 10.0. The molecule has 0 unspecified atom stereocenters. The molecule has 0 aliphatic carbocycles. The van der Waals surface area contributed by atoms with Crippen molar-refractivity contribution >= 4 is 27.8 Å². The molecule has 5 aromatic rings. The summed E-state index contributed by atoms with van der Waals surface area (Å²) in [5, 5.41) is 4.06. The molecule has 210 valence electrons. The summed E-state index contributed by atoms with van der Waals surface area (Å²) in [5.41, 5.74) is 3.28. The Morgan fingerprint density at radius 3 is 2.37 bits per heavy atom. The van der Waals surface area contributed by atoms with Crippen molar-refractivity contribution in [3.8, 4) is 17.4 Å². The minimum Gasteiger partial charge on any atom is -0.497 e. The fourth-order valence-electron chi connectivity index (χ4n) is 4.16. The number of anilines is 3. The Labute approximate surface area is 240 Å². The molecule has 5 rings (SSSR count). The zero-order chi connectivity index (χ0) is 28.8. The quantitative estimate of drug-likeness (QED) is 0.180. The van der Waals surface area contributed by atoms with E-state index in [2.05, 4.69) is 15.3 Å². The van der Waals surface area contributed by atoms with Crippen LogP contribution in [-0.4, -0.2) is 24.1 Å². The van der Waals surface area contributed by atoms with Gasteiger partial charge in [0.05, 0.1) is 19.0 Å². The van der Waals surface area contributed by atoms with E-state index in [1.54, 1.807) is 19.4 Å². The van der Waals surface area contributed by atoms with Crippen molar-refractivity contribution in [3.63, 3.8) is 0 Å². The van der Waals surface area contributed by atoms with Gasteiger partial charge < -0.3 is 19.7 Å². The van der Waals surface area contributed by atoms with Gasteiger partial charge in [-0.3, -0.25) is 0 Å². The smallest absolute Gasteiger partial charge is 0.434 e. The number of rotatable bonds is 10. The van der Waals surface area contributed by atoms with E-state index >= 15 is 0 Å². The number of para-hydroxylation sites is 1. The average molecular weight is 577 g/mol. The first-order chi connectivity index (χ1) is 19.8. The van der Waals surface area contributed by atoms with Crippen LogP contribution in [0.25, 0.3) is 0 Å². The van der Waals surface area contributed by atoms with Crippen LogP contribution in [-0.2, 0) is 19.1 Å². The van der Waals surface area contributed by atoms with Crippen LogP contribution in [0.5, 0.6) is 17.4 Å². The number of halogens is 3. The van der Waals surface area contributed by atoms with Crippen molar-refractivity contribution in [1.29, 1.82) is 0 Å². The summed E-state index contributed by atoms with van der Waals surface area (Å²) in [6.07, 6.45) is -2.22. The molecule has 3 aromatic carbocycles. The molecule has 0 fully saturated rings. The van der Waals surface area contributed by atoms with Crippen molar-refractivity contribution in [2.24, 2.45) is 0 Å². The monoisotopic (exact) mass is 576 g/mol. The molecule has 0 spiro atoms. The fourth-order valence-corrected chi connectivity index (χ4v) is 4.89. The molecular formula is C31H27F3N4O2S. The number of ether oxygens (including phenoxy) is 2. The molecular weight excluding hydrogens is 549 g/mol. The second-order valence-corrected chi connectivity index (χ2v) is 10.1. The van der Waals surface area contributed by atoms with Gasteiger partial charge >= 0.3 is 6.18 Å². The Balaban J connectivity index is 1.45. The van der Waals surface area contributed by atoms with E-state index in [4.69, 9.17) is 9.47 Å². The van der Waals surface area contributed by atoms with Crippen LogP contribution in [0.2, 0.25) is 0 Å². The number of pyridine rings is 1. The Bertz CT molecular complexity index is 1590. The number of alkyl halides is 3. The molecule has 41 heavy (non-hydrogen) atoms.